The van der Waals surface area contributed by atoms with Crippen LogP contribution in [0.3, 0.4) is 0 Å². The van der Waals surface area contributed by atoms with E-state index in [0.717, 1.165) is 10.6 Å². The largest absolute Gasteiger partial charge is 0.494 e. The number of benzene rings is 3. The molecular weight excluding hydrogens is 454 g/mol. The highest BCUT2D eigenvalue weighted by molar-refractivity contribution is 8.00. The van der Waals surface area contributed by atoms with Gasteiger partial charge in [0.05, 0.1) is 16.8 Å². The number of non-ortho nitro benzene ring substituents is 1. The number of hydrogen-bond acceptors (Lipinski definition) is 6. The standard InChI is InChI=1S/C25H25N3O5S/c1-3-23(25(30)26-18-10-14-21(15-11-18)33-4-2)34-22-7-5-6-19(16-22)27-24(29)17-8-12-20(13-9-17)28(31)32/h5-16,23H,3-4H2,1-2H3,(H,26,30)(H,27,29). The van der Waals surface area contributed by atoms with Crippen LogP contribution in [-0.4, -0.2) is 28.6 Å². The Morgan fingerprint density at radius 3 is 2.29 bits per heavy atom. The van der Waals surface area contributed by atoms with Gasteiger partial charge in [0, 0.05) is 34.0 Å². The molecule has 0 aliphatic rings. The summed E-state index contributed by atoms with van der Waals surface area (Å²) in [5.41, 5.74) is 1.49. The minimum absolute atomic E-state index is 0.0796. The highest BCUT2D eigenvalue weighted by Crippen LogP contribution is 2.29. The second kappa shape index (κ2) is 11.9. The van der Waals surface area contributed by atoms with Gasteiger partial charge in [-0.05, 0) is 67.9 Å². The molecule has 0 bridgehead atoms. The highest BCUT2D eigenvalue weighted by Gasteiger charge is 2.19. The van der Waals surface area contributed by atoms with Crippen molar-refractivity contribution in [1.29, 1.82) is 0 Å². The Kier molecular flexibility index (Phi) is 8.64. The van der Waals surface area contributed by atoms with Gasteiger partial charge in [0.25, 0.3) is 11.6 Å². The lowest BCUT2D eigenvalue weighted by atomic mass is 10.2. The number of hydrogen-bond donors (Lipinski definition) is 2. The number of nitrogens with zero attached hydrogens (tertiary/aromatic N) is 1. The minimum Gasteiger partial charge on any atom is -0.494 e. The summed E-state index contributed by atoms with van der Waals surface area (Å²) in [6.45, 7) is 4.43. The number of anilines is 2. The molecule has 3 aromatic carbocycles. The fraction of sp³-hybridized carbons (Fsp3) is 0.200. The monoisotopic (exact) mass is 479 g/mol. The van der Waals surface area contributed by atoms with Crippen LogP contribution in [0.25, 0.3) is 0 Å². The third-order valence-corrected chi connectivity index (χ3v) is 6.16. The maximum atomic E-state index is 12.8. The summed E-state index contributed by atoms with van der Waals surface area (Å²) >= 11 is 1.41. The Morgan fingerprint density at radius 2 is 1.68 bits per heavy atom. The van der Waals surface area contributed by atoms with Crippen molar-refractivity contribution in [2.75, 3.05) is 17.2 Å². The molecule has 2 N–H and O–H groups in total. The van der Waals surface area contributed by atoms with Gasteiger partial charge >= 0.3 is 0 Å². The van der Waals surface area contributed by atoms with Crippen molar-refractivity contribution >= 4 is 40.6 Å². The fourth-order valence-corrected chi connectivity index (χ4v) is 4.11. The van der Waals surface area contributed by atoms with Crippen molar-refractivity contribution in [3.05, 3.63) is 88.5 Å². The third kappa shape index (κ3) is 6.82. The van der Waals surface area contributed by atoms with Gasteiger partial charge in [0.2, 0.25) is 5.91 Å². The summed E-state index contributed by atoms with van der Waals surface area (Å²) in [4.78, 5) is 36.4. The Balaban J connectivity index is 1.62. The van der Waals surface area contributed by atoms with E-state index in [0.29, 0.717) is 30.0 Å². The van der Waals surface area contributed by atoms with Crippen LogP contribution in [0.15, 0.2) is 77.7 Å². The van der Waals surface area contributed by atoms with Crippen LogP contribution in [0.4, 0.5) is 17.1 Å². The molecule has 0 aromatic heterocycles. The van der Waals surface area contributed by atoms with E-state index in [2.05, 4.69) is 10.6 Å². The zero-order valence-electron chi connectivity index (χ0n) is 18.8. The van der Waals surface area contributed by atoms with Gasteiger partial charge in [0.1, 0.15) is 5.75 Å². The zero-order valence-corrected chi connectivity index (χ0v) is 19.6. The van der Waals surface area contributed by atoms with E-state index in [-0.39, 0.29) is 22.8 Å². The molecular formula is C25H25N3O5S. The van der Waals surface area contributed by atoms with Gasteiger partial charge in [0.15, 0.2) is 0 Å². The molecule has 1 atom stereocenters. The molecule has 0 spiro atoms. The number of amides is 2. The lowest BCUT2D eigenvalue weighted by molar-refractivity contribution is -0.384. The normalized spacial score (nSPS) is 11.4. The highest BCUT2D eigenvalue weighted by atomic mass is 32.2. The summed E-state index contributed by atoms with van der Waals surface area (Å²) in [6, 6.07) is 19.8. The topological polar surface area (TPSA) is 111 Å². The molecule has 176 valence electrons. The number of ether oxygens (including phenoxy) is 1. The predicted molar refractivity (Wildman–Crippen MR) is 134 cm³/mol. The molecule has 0 aliphatic carbocycles. The molecule has 0 saturated carbocycles. The van der Waals surface area contributed by atoms with Gasteiger partial charge < -0.3 is 15.4 Å². The smallest absolute Gasteiger partial charge is 0.269 e. The third-order valence-electron chi connectivity index (χ3n) is 4.81. The molecule has 3 aromatic rings. The number of thioether (sulfide) groups is 1. The molecule has 0 fully saturated rings. The summed E-state index contributed by atoms with van der Waals surface area (Å²) < 4.78 is 5.42. The van der Waals surface area contributed by atoms with Crippen molar-refractivity contribution in [3.8, 4) is 5.75 Å². The van der Waals surface area contributed by atoms with E-state index in [1.54, 1.807) is 30.3 Å². The molecule has 1 unspecified atom stereocenters. The molecule has 8 nitrogen and oxygen atoms in total. The van der Waals surface area contributed by atoms with Crippen LogP contribution in [0.1, 0.15) is 30.6 Å². The molecule has 34 heavy (non-hydrogen) atoms. The van der Waals surface area contributed by atoms with E-state index in [4.69, 9.17) is 4.74 Å². The summed E-state index contributed by atoms with van der Waals surface area (Å²) in [7, 11) is 0. The first-order valence-corrected chi connectivity index (χ1v) is 11.6. The molecule has 3 rings (SSSR count). The summed E-state index contributed by atoms with van der Waals surface area (Å²) in [6.07, 6.45) is 0.618. The minimum atomic E-state index is -0.515. The van der Waals surface area contributed by atoms with Crippen LogP contribution >= 0.6 is 11.8 Å². The zero-order chi connectivity index (χ0) is 24.5. The Bertz CT molecular complexity index is 1150. The summed E-state index contributed by atoms with van der Waals surface area (Å²) in [5, 5.41) is 16.2. The second-order valence-electron chi connectivity index (χ2n) is 7.25. The molecule has 0 aliphatic heterocycles. The van der Waals surface area contributed by atoms with Crippen LogP contribution in [-0.2, 0) is 4.79 Å². The van der Waals surface area contributed by atoms with Gasteiger partial charge in [-0.2, -0.15) is 0 Å². The van der Waals surface area contributed by atoms with Crippen molar-refractivity contribution in [2.24, 2.45) is 0 Å². The quantitative estimate of drug-likeness (QED) is 0.217. The van der Waals surface area contributed by atoms with Crippen molar-refractivity contribution in [3.63, 3.8) is 0 Å². The maximum absolute atomic E-state index is 12.8. The second-order valence-corrected chi connectivity index (χ2v) is 8.52. The number of nitro benzene ring substituents is 1. The summed E-state index contributed by atoms with van der Waals surface area (Å²) in [5.74, 6) is 0.254. The van der Waals surface area contributed by atoms with E-state index in [1.807, 2.05) is 32.0 Å². The molecule has 0 radical (unpaired) electrons. The average Bonchev–Trinajstić information content (AvgIpc) is 2.84. The van der Waals surface area contributed by atoms with E-state index in [9.17, 15) is 19.7 Å². The van der Waals surface area contributed by atoms with E-state index < -0.39 is 4.92 Å². The van der Waals surface area contributed by atoms with Gasteiger partial charge in [-0.15, -0.1) is 11.8 Å². The number of rotatable bonds is 10. The van der Waals surface area contributed by atoms with Gasteiger partial charge in [-0.25, -0.2) is 0 Å². The predicted octanol–water partition coefficient (Wildman–Crippen LogP) is 5.76. The van der Waals surface area contributed by atoms with Crippen LogP contribution < -0.4 is 15.4 Å². The first-order valence-electron chi connectivity index (χ1n) is 10.8. The Labute approximate surface area is 201 Å². The molecule has 0 heterocycles. The number of nitro groups is 1. The fourth-order valence-electron chi connectivity index (χ4n) is 3.10. The van der Waals surface area contributed by atoms with Crippen LogP contribution in [0, 0.1) is 10.1 Å². The number of carbonyl (C=O) groups excluding carboxylic acids is 2. The lowest BCUT2D eigenvalue weighted by Crippen LogP contribution is -2.24. The van der Waals surface area contributed by atoms with Crippen molar-refractivity contribution < 1.29 is 19.2 Å². The Hall–Kier alpha value is -3.85. The van der Waals surface area contributed by atoms with E-state index >= 15 is 0 Å². The SMILES string of the molecule is CCOc1ccc(NC(=O)C(CC)Sc2cccc(NC(=O)c3ccc([N+](=O)[O-])cc3)c2)cc1. The van der Waals surface area contributed by atoms with Crippen molar-refractivity contribution in [2.45, 2.75) is 30.4 Å². The van der Waals surface area contributed by atoms with E-state index in [1.165, 1.54) is 36.0 Å². The molecule has 2 amide bonds. The molecule has 0 saturated heterocycles. The number of nitrogens with one attached hydrogen (secondary N) is 2. The maximum Gasteiger partial charge on any atom is 0.269 e. The average molecular weight is 480 g/mol. The number of carbonyl (C=O) groups is 2. The van der Waals surface area contributed by atoms with Gasteiger partial charge in [-0.3, -0.25) is 19.7 Å². The van der Waals surface area contributed by atoms with Crippen LogP contribution in [0.5, 0.6) is 5.75 Å². The van der Waals surface area contributed by atoms with Gasteiger partial charge in [-0.1, -0.05) is 13.0 Å². The first kappa shape index (κ1) is 24.8. The van der Waals surface area contributed by atoms with Crippen LogP contribution in [0.2, 0.25) is 0 Å². The molecule has 9 heteroatoms. The van der Waals surface area contributed by atoms with Crippen molar-refractivity contribution in [1.82, 2.24) is 0 Å². The lowest BCUT2D eigenvalue weighted by Gasteiger charge is -2.16. The Morgan fingerprint density at radius 1 is 0.971 bits per heavy atom. The first-order chi connectivity index (χ1) is 16.4.